The number of nitrogens with zero attached hydrogens (tertiary/aromatic N) is 1. The lowest BCUT2D eigenvalue weighted by Gasteiger charge is -2.39. The van der Waals surface area contributed by atoms with E-state index in [0.29, 0.717) is 4.99 Å². The highest BCUT2D eigenvalue weighted by Gasteiger charge is 2.35. The molecule has 0 aromatic carbocycles. The Kier molecular flexibility index (Phi) is 4.09. The van der Waals surface area contributed by atoms with E-state index in [9.17, 15) is 0 Å². The van der Waals surface area contributed by atoms with Gasteiger partial charge in [-0.15, -0.1) is 0 Å². The molecular weight excluding hydrogens is 228 g/mol. The molecule has 1 saturated heterocycles. The minimum atomic E-state index is 0.0148. The topological polar surface area (TPSA) is 29.3 Å². The molecule has 1 saturated carbocycles. The number of fused-ring (bicyclic) bond motifs is 1. The van der Waals surface area contributed by atoms with Gasteiger partial charge in [-0.2, -0.15) is 0 Å². The average molecular weight is 254 g/mol. The Labute approximate surface area is 111 Å². The molecule has 2 N–H and O–H groups in total. The van der Waals surface area contributed by atoms with Crippen molar-refractivity contribution in [3.8, 4) is 0 Å². The van der Waals surface area contributed by atoms with Crippen LogP contribution in [0.1, 0.15) is 52.4 Å². The summed E-state index contributed by atoms with van der Waals surface area (Å²) in [6.07, 6.45) is 8.25. The van der Waals surface area contributed by atoms with Crippen LogP contribution in [-0.4, -0.2) is 29.0 Å². The summed E-state index contributed by atoms with van der Waals surface area (Å²) in [5.41, 5.74) is 5.82. The Bertz CT molecular complexity index is 288. The lowest BCUT2D eigenvalue weighted by molar-refractivity contribution is 0.104. The second kappa shape index (κ2) is 5.23. The summed E-state index contributed by atoms with van der Waals surface area (Å²) in [6, 6.07) is 0.867. The molecule has 0 bridgehead atoms. The number of rotatable bonds is 4. The van der Waals surface area contributed by atoms with E-state index in [1.54, 1.807) is 0 Å². The van der Waals surface area contributed by atoms with E-state index < -0.39 is 0 Å². The fourth-order valence-electron chi connectivity index (χ4n) is 3.38. The van der Waals surface area contributed by atoms with Crippen LogP contribution in [-0.2, 0) is 0 Å². The van der Waals surface area contributed by atoms with Gasteiger partial charge in [0.1, 0.15) is 0 Å². The highest BCUT2D eigenvalue weighted by molar-refractivity contribution is 7.80. The first kappa shape index (κ1) is 13.3. The zero-order valence-corrected chi connectivity index (χ0v) is 12.1. The van der Waals surface area contributed by atoms with Gasteiger partial charge in [0.15, 0.2) is 0 Å². The summed E-state index contributed by atoms with van der Waals surface area (Å²) in [5.74, 6) is 0.983. The van der Waals surface area contributed by atoms with Crippen LogP contribution in [0.2, 0.25) is 0 Å². The molecule has 2 fully saturated rings. The molecule has 2 atom stereocenters. The largest absolute Gasteiger partial charge is 0.393 e. The van der Waals surface area contributed by atoms with Crippen LogP contribution in [0, 0.1) is 11.3 Å². The Balaban J connectivity index is 1.88. The fourth-order valence-corrected chi connectivity index (χ4v) is 3.48. The lowest BCUT2D eigenvalue weighted by Crippen LogP contribution is -2.44. The zero-order valence-electron chi connectivity index (χ0n) is 11.2. The summed E-state index contributed by atoms with van der Waals surface area (Å²) in [6.45, 7) is 6.80. The first-order chi connectivity index (χ1) is 8.00. The van der Waals surface area contributed by atoms with Crippen molar-refractivity contribution < 1.29 is 0 Å². The zero-order chi connectivity index (χ0) is 12.5. The molecule has 2 rings (SSSR count). The van der Waals surface area contributed by atoms with Gasteiger partial charge in [0.2, 0.25) is 0 Å². The van der Waals surface area contributed by atoms with E-state index in [-0.39, 0.29) is 5.41 Å². The summed E-state index contributed by atoms with van der Waals surface area (Å²) in [5, 5.41) is 0. The van der Waals surface area contributed by atoms with Crippen LogP contribution in [0.25, 0.3) is 0 Å². The standard InChI is InChI=1S/C14H26N2S/c1-14(2,13(15)17)8-10-16-9-4-6-11-5-3-7-12(11)16/h11-12H,3-10H2,1-2H3,(H2,15,17). The molecule has 1 aliphatic carbocycles. The van der Waals surface area contributed by atoms with Gasteiger partial charge < -0.3 is 10.6 Å². The third kappa shape index (κ3) is 3.00. The van der Waals surface area contributed by atoms with Gasteiger partial charge in [-0.3, -0.25) is 0 Å². The molecule has 17 heavy (non-hydrogen) atoms. The van der Waals surface area contributed by atoms with Gasteiger partial charge >= 0.3 is 0 Å². The molecule has 2 nitrogen and oxygen atoms in total. The molecule has 0 aromatic heterocycles. The van der Waals surface area contributed by atoms with E-state index in [0.717, 1.165) is 18.4 Å². The SMILES string of the molecule is CC(C)(CCN1CCCC2CCCC21)C(N)=S. The van der Waals surface area contributed by atoms with Crippen molar-refractivity contribution in [2.45, 2.75) is 58.4 Å². The number of hydrogen-bond donors (Lipinski definition) is 1. The number of nitrogens with two attached hydrogens (primary N) is 1. The van der Waals surface area contributed by atoms with E-state index in [1.807, 2.05) is 0 Å². The molecule has 0 aromatic rings. The third-order valence-electron chi connectivity index (χ3n) is 4.80. The molecule has 1 aliphatic heterocycles. The molecule has 0 amide bonds. The Morgan fingerprint density at radius 2 is 2.00 bits per heavy atom. The van der Waals surface area contributed by atoms with Gasteiger partial charge in [-0.25, -0.2) is 0 Å². The molecule has 3 heteroatoms. The fraction of sp³-hybridized carbons (Fsp3) is 0.929. The Morgan fingerprint density at radius 1 is 1.29 bits per heavy atom. The van der Waals surface area contributed by atoms with E-state index in [1.165, 1.54) is 45.2 Å². The van der Waals surface area contributed by atoms with Crippen LogP contribution in [0.15, 0.2) is 0 Å². The molecule has 1 heterocycles. The monoisotopic (exact) mass is 254 g/mol. The van der Waals surface area contributed by atoms with Crippen molar-refractivity contribution in [3.05, 3.63) is 0 Å². The van der Waals surface area contributed by atoms with Crippen molar-refractivity contribution in [2.24, 2.45) is 17.1 Å². The summed E-state index contributed by atoms with van der Waals surface area (Å²) in [7, 11) is 0. The van der Waals surface area contributed by atoms with Crippen LogP contribution in [0.4, 0.5) is 0 Å². The molecular formula is C14H26N2S. The number of hydrogen-bond acceptors (Lipinski definition) is 2. The van der Waals surface area contributed by atoms with E-state index >= 15 is 0 Å². The lowest BCUT2D eigenvalue weighted by atomic mass is 9.87. The maximum atomic E-state index is 5.81. The third-order valence-corrected chi connectivity index (χ3v) is 5.35. The summed E-state index contributed by atoms with van der Waals surface area (Å²) < 4.78 is 0. The predicted molar refractivity (Wildman–Crippen MR) is 77.1 cm³/mol. The highest BCUT2D eigenvalue weighted by atomic mass is 32.1. The Morgan fingerprint density at radius 3 is 2.71 bits per heavy atom. The van der Waals surface area contributed by atoms with E-state index in [2.05, 4.69) is 18.7 Å². The molecule has 0 radical (unpaired) electrons. The van der Waals surface area contributed by atoms with Gasteiger partial charge in [0.05, 0.1) is 4.99 Å². The molecule has 2 unspecified atom stereocenters. The van der Waals surface area contributed by atoms with Crippen LogP contribution in [0.5, 0.6) is 0 Å². The minimum Gasteiger partial charge on any atom is -0.393 e. The average Bonchev–Trinajstić information content (AvgIpc) is 2.74. The Hall–Kier alpha value is -0.150. The summed E-state index contributed by atoms with van der Waals surface area (Å²) in [4.78, 5) is 3.37. The normalized spacial score (nSPS) is 30.2. The number of likely N-dealkylation sites (tertiary alicyclic amines) is 1. The van der Waals surface area contributed by atoms with Gasteiger partial charge in [0.25, 0.3) is 0 Å². The summed E-state index contributed by atoms with van der Waals surface area (Å²) >= 11 is 5.15. The number of thiocarbonyl (C=S) groups is 1. The van der Waals surface area contributed by atoms with Crippen LogP contribution < -0.4 is 5.73 Å². The maximum absolute atomic E-state index is 5.81. The van der Waals surface area contributed by atoms with Crippen molar-refractivity contribution >= 4 is 17.2 Å². The first-order valence-corrected chi connectivity index (χ1v) is 7.45. The van der Waals surface area contributed by atoms with Crippen molar-refractivity contribution in [1.29, 1.82) is 0 Å². The molecule has 2 aliphatic rings. The molecule has 0 spiro atoms. The maximum Gasteiger partial charge on any atom is 0.0784 e. The molecule has 98 valence electrons. The van der Waals surface area contributed by atoms with Crippen LogP contribution >= 0.6 is 12.2 Å². The highest BCUT2D eigenvalue weighted by Crippen LogP contribution is 2.37. The predicted octanol–water partition coefficient (Wildman–Crippen LogP) is 2.95. The second-order valence-electron chi connectivity index (χ2n) is 6.43. The smallest absolute Gasteiger partial charge is 0.0784 e. The first-order valence-electron chi connectivity index (χ1n) is 7.05. The second-order valence-corrected chi connectivity index (χ2v) is 6.87. The quantitative estimate of drug-likeness (QED) is 0.782. The minimum absolute atomic E-state index is 0.0148. The van der Waals surface area contributed by atoms with Crippen molar-refractivity contribution in [3.63, 3.8) is 0 Å². The van der Waals surface area contributed by atoms with Gasteiger partial charge in [-0.05, 0) is 51.1 Å². The van der Waals surface area contributed by atoms with Crippen molar-refractivity contribution in [1.82, 2.24) is 4.90 Å². The van der Waals surface area contributed by atoms with Gasteiger partial charge in [-0.1, -0.05) is 32.5 Å². The van der Waals surface area contributed by atoms with Crippen molar-refractivity contribution in [2.75, 3.05) is 13.1 Å². The van der Waals surface area contributed by atoms with Gasteiger partial charge in [0, 0.05) is 11.5 Å². The van der Waals surface area contributed by atoms with E-state index in [4.69, 9.17) is 18.0 Å². The van der Waals surface area contributed by atoms with Crippen LogP contribution in [0.3, 0.4) is 0 Å². The number of piperidine rings is 1.